The van der Waals surface area contributed by atoms with Crippen molar-refractivity contribution in [1.82, 2.24) is 0 Å². The number of rotatable bonds is 2. The van der Waals surface area contributed by atoms with Crippen molar-refractivity contribution in [1.29, 1.82) is 0 Å². The van der Waals surface area contributed by atoms with Gasteiger partial charge >= 0.3 is 23.1 Å². The number of hydrogen-bond acceptors (Lipinski definition) is 1. The van der Waals surface area contributed by atoms with Gasteiger partial charge in [-0.05, 0) is 6.92 Å². The summed E-state index contributed by atoms with van der Waals surface area (Å²) in [6.07, 6.45) is 0. The molecule has 0 aromatic carbocycles. The van der Waals surface area contributed by atoms with Crippen LogP contribution in [0.2, 0.25) is 0 Å². The summed E-state index contributed by atoms with van der Waals surface area (Å²) in [6.45, 7) is 14.5. The molecule has 0 saturated carbocycles. The second-order valence-electron chi connectivity index (χ2n) is 3.62. The van der Waals surface area contributed by atoms with E-state index in [0.29, 0.717) is 0 Å². The van der Waals surface area contributed by atoms with Gasteiger partial charge in [0.15, 0.2) is 0 Å². The molecule has 0 aromatic heterocycles. The first-order chi connectivity index (χ1) is 4.19. The number of hydrogen-bond donors (Lipinski definition) is 0. The first-order valence-corrected chi connectivity index (χ1v) is 3.41. The molecule has 2 heteroatoms. The van der Waals surface area contributed by atoms with Crippen molar-refractivity contribution in [2.24, 2.45) is 5.41 Å². The Morgan fingerprint density at radius 2 is 1.64 bits per heavy atom. The van der Waals surface area contributed by atoms with E-state index in [0.717, 1.165) is 5.57 Å². The minimum Gasteiger partial charge on any atom is -0.851 e. The second kappa shape index (κ2) is 3.92. The zero-order valence-corrected chi connectivity index (χ0v) is 9.44. The predicted molar refractivity (Wildman–Crippen MR) is 48.1 cm³/mol. The van der Waals surface area contributed by atoms with Gasteiger partial charge in [-0.25, -0.2) is 0 Å². The minimum absolute atomic E-state index is 0. The molecule has 0 spiro atoms. The summed E-state index contributed by atoms with van der Waals surface area (Å²) in [7, 11) is 0. The summed E-state index contributed by atoms with van der Waals surface area (Å²) in [6, 6.07) is 0. The first kappa shape index (κ1) is 14.0. The Morgan fingerprint density at radius 3 is 1.64 bits per heavy atom. The van der Waals surface area contributed by atoms with Gasteiger partial charge in [0.05, 0.1) is 0 Å². The maximum absolute atomic E-state index is 11.4. The zero-order chi connectivity index (χ0) is 8.58. The summed E-state index contributed by atoms with van der Waals surface area (Å²) < 4.78 is 0. The molecule has 0 saturated heterocycles. The van der Waals surface area contributed by atoms with E-state index >= 15 is 0 Å². The van der Waals surface area contributed by atoms with E-state index in [1.165, 1.54) is 0 Å². The molecule has 0 heterocycles. The molecule has 0 aromatic rings. The van der Waals surface area contributed by atoms with Crippen LogP contribution in [0.1, 0.15) is 27.7 Å². The van der Waals surface area contributed by atoms with Gasteiger partial charge in [-0.3, -0.25) is 0 Å². The zero-order valence-electron chi connectivity index (χ0n) is 8.03. The van der Waals surface area contributed by atoms with Crippen LogP contribution in [-0.2, 0) is 0 Å². The second-order valence-corrected chi connectivity index (χ2v) is 3.62. The van der Waals surface area contributed by atoms with E-state index in [9.17, 15) is 5.11 Å². The molecule has 0 rings (SSSR count). The molecule has 1 atom stereocenters. The average molecular weight is 165 g/mol. The largest absolute Gasteiger partial charge is 2.00 e. The van der Waals surface area contributed by atoms with Crippen molar-refractivity contribution in [3.63, 3.8) is 0 Å². The molecule has 0 amide bonds. The molecule has 60 valence electrons. The summed E-state index contributed by atoms with van der Waals surface area (Å²) in [5.74, 6) is 0. The smallest absolute Gasteiger partial charge is 0.851 e. The Kier molecular flexibility index (Phi) is 5.00. The molecule has 0 bridgehead atoms. The molecule has 1 nitrogen and oxygen atoms in total. The van der Waals surface area contributed by atoms with Crippen LogP contribution in [0, 0.1) is 12.3 Å². The van der Waals surface area contributed by atoms with Gasteiger partial charge < -0.3 is 12.0 Å². The van der Waals surface area contributed by atoms with Gasteiger partial charge in [0.25, 0.3) is 0 Å². The van der Waals surface area contributed by atoms with Crippen molar-refractivity contribution >= 4 is 23.1 Å². The molecule has 0 aliphatic rings. The third-order valence-electron chi connectivity index (χ3n) is 2.27. The molecule has 0 radical (unpaired) electrons. The molecule has 0 fully saturated rings. The molecular formula is C9H16MgO. The summed E-state index contributed by atoms with van der Waals surface area (Å²) in [5, 5.41) is 11.4. The third kappa shape index (κ3) is 3.14. The Morgan fingerprint density at radius 1 is 1.36 bits per heavy atom. The van der Waals surface area contributed by atoms with Crippen LogP contribution in [0.15, 0.2) is 12.2 Å². The van der Waals surface area contributed by atoms with Gasteiger partial charge in [-0.15, -0.1) is 23.2 Å². The standard InChI is InChI=1S/C9H16O.Mg/c1-7(2)8(3,4)9(5,6)10;/h1,3H2,2,4-6H3;/q-2;+2. The molecule has 0 aliphatic carbocycles. The van der Waals surface area contributed by atoms with Gasteiger partial charge in [0, 0.05) is 0 Å². The van der Waals surface area contributed by atoms with E-state index in [4.69, 9.17) is 0 Å². The molecule has 0 aliphatic heterocycles. The van der Waals surface area contributed by atoms with E-state index in [2.05, 4.69) is 13.5 Å². The maximum atomic E-state index is 11.4. The Balaban J connectivity index is 0. The SMILES string of the molecule is C=C(C)C([CH2-])(C)C(C)(C)[O-].[Mg+2]. The molecule has 1 unspecified atom stereocenters. The van der Waals surface area contributed by atoms with Crippen molar-refractivity contribution in [2.75, 3.05) is 0 Å². The quantitative estimate of drug-likeness (QED) is 0.341. The van der Waals surface area contributed by atoms with Crippen LogP contribution in [0.3, 0.4) is 0 Å². The Hall–Kier alpha value is 0.466. The van der Waals surface area contributed by atoms with E-state index in [1.807, 2.05) is 13.8 Å². The van der Waals surface area contributed by atoms with Crippen LogP contribution >= 0.6 is 0 Å². The fourth-order valence-corrected chi connectivity index (χ4v) is 0.514. The molecular weight excluding hydrogens is 148 g/mol. The van der Waals surface area contributed by atoms with Crippen LogP contribution in [0.5, 0.6) is 0 Å². The fraction of sp³-hybridized carbons (Fsp3) is 0.667. The topological polar surface area (TPSA) is 23.1 Å². The van der Waals surface area contributed by atoms with Gasteiger partial charge in [-0.1, -0.05) is 20.8 Å². The van der Waals surface area contributed by atoms with Crippen LogP contribution in [-0.4, -0.2) is 28.7 Å². The minimum atomic E-state index is -1.04. The van der Waals surface area contributed by atoms with Gasteiger partial charge in [0.1, 0.15) is 0 Å². The van der Waals surface area contributed by atoms with Crippen molar-refractivity contribution < 1.29 is 5.11 Å². The third-order valence-corrected chi connectivity index (χ3v) is 2.27. The summed E-state index contributed by atoms with van der Waals surface area (Å²) in [5.41, 5.74) is -0.765. The Labute approximate surface area is 86.0 Å². The first-order valence-electron chi connectivity index (χ1n) is 3.41. The predicted octanol–water partition coefficient (Wildman–Crippen LogP) is 1.16. The summed E-state index contributed by atoms with van der Waals surface area (Å²) in [4.78, 5) is 0. The monoisotopic (exact) mass is 164 g/mol. The van der Waals surface area contributed by atoms with Crippen molar-refractivity contribution in [2.45, 2.75) is 33.3 Å². The molecule has 0 N–H and O–H groups in total. The van der Waals surface area contributed by atoms with Gasteiger partial charge in [-0.2, -0.15) is 0 Å². The Bertz CT molecular complexity index is 142. The van der Waals surface area contributed by atoms with Crippen molar-refractivity contribution in [3.8, 4) is 0 Å². The fourth-order valence-electron chi connectivity index (χ4n) is 0.514. The van der Waals surface area contributed by atoms with E-state index in [1.54, 1.807) is 13.8 Å². The normalized spacial score (nSPS) is 16.5. The van der Waals surface area contributed by atoms with Crippen LogP contribution in [0.4, 0.5) is 0 Å². The maximum Gasteiger partial charge on any atom is 2.00 e. The molecule has 11 heavy (non-hydrogen) atoms. The van der Waals surface area contributed by atoms with E-state index in [-0.39, 0.29) is 23.1 Å². The van der Waals surface area contributed by atoms with Crippen LogP contribution < -0.4 is 5.11 Å². The average Bonchev–Trinajstić information content (AvgIpc) is 1.62. The van der Waals surface area contributed by atoms with Crippen molar-refractivity contribution in [3.05, 3.63) is 19.1 Å². The van der Waals surface area contributed by atoms with E-state index < -0.39 is 11.0 Å². The summed E-state index contributed by atoms with van der Waals surface area (Å²) >= 11 is 0. The van der Waals surface area contributed by atoms with Gasteiger partial charge in [0.2, 0.25) is 0 Å². The van der Waals surface area contributed by atoms with Crippen LogP contribution in [0.25, 0.3) is 0 Å².